The molecule has 1 heterocycles. The van der Waals surface area contributed by atoms with E-state index in [1.54, 1.807) is 0 Å². The molecule has 3 N–H and O–H groups in total. The molecule has 0 bridgehead atoms. The molecule has 0 amide bonds. The van der Waals surface area contributed by atoms with E-state index in [4.69, 9.17) is 10.5 Å². The maximum absolute atomic E-state index is 6.17. The molecule has 1 saturated heterocycles. The Balaban J connectivity index is 0.00000261. The highest BCUT2D eigenvalue weighted by molar-refractivity contribution is 14.0. The number of hydrogen-bond acceptors (Lipinski definition) is 2. The van der Waals surface area contributed by atoms with Gasteiger partial charge >= 0.3 is 0 Å². The number of guanidine groups is 1. The number of nitrogens with one attached hydrogen (secondary N) is 1. The monoisotopic (exact) mass is 543 g/mol. The van der Waals surface area contributed by atoms with Crippen LogP contribution in [0.5, 0.6) is 0 Å². The summed E-state index contributed by atoms with van der Waals surface area (Å²) < 4.78 is 6.68. The van der Waals surface area contributed by atoms with Crippen molar-refractivity contribution in [3.8, 4) is 0 Å². The van der Waals surface area contributed by atoms with Gasteiger partial charge in [0, 0.05) is 28.8 Å². The molecule has 1 aliphatic rings. The van der Waals surface area contributed by atoms with Crippen molar-refractivity contribution >= 4 is 51.6 Å². The first kappa shape index (κ1) is 22.2. The summed E-state index contributed by atoms with van der Waals surface area (Å²) in [7, 11) is 0. The number of halogens is 2. The fraction of sp³-hybridized carbons (Fsp3) is 0.381. The van der Waals surface area contributed by atoms with Crippen LogP contribution in [-0.4, -0.2) is 25.7 Å². The number of rotatable bonds is 4. The molecule has 1 fully saturated rings. The minimum Gasteiger partial charge on any atom is -0.381 e. The van der Waals surface area contributed by atoms with E-state index in [0.29, 0.717) is 12.5 Å². The molecule has 27 heavy (non-hydrogen) atoms. The number of ether oxygens (including phenoxy) is 1. The first-order valence-corrected chi connectivity index (χ1v) is 9.76. The first-order valence-electron chi connectivity index (χ1n) is 8.96. The summed E-state index contributed by atoms with van der Waals surface area (Å²) in [6.45, 7) is 6.37. The Morgan fingerprint density at radius 3 is 2.41 bits per heavy atom. The van der Waals surface area contributed by atoms with Crippen LogP contribution < -0.4 is 11.1 Å². The third kappa shape index (κ3) is 5.68. The summed E-state index contributed by atoms with van der Waals surface area (Å²) >= 11 is 3.51. The van der Waals surface area contributed by atoms with Gasteiger partial charge in [0.1, 0.15) is 0 Å². The Kier molecular flexibility index (Phi) is 8.12. The van der Waals surface area contributed by atoms with E-state index >= 15 is 0 Å². The summed E-state index contributed by atoms with van der Waals surface area (Å²) in [5.74, 6) is 0.455. The van der Waals surface area contributed by atoms with E-state index in [-0.39, 0.29) is 29.4 Å². The normalized spacial score (nSPS) is 16.5. The SMILES string of the molecule is Cc1ccc(NC(N)=NCC2(c3ccc(Br)cc3)CCOCC2)cc1C.I. The Hall–Kier alpha value is -1.12. The van der Waals surface area contributed by atoms with Gasteiger partial charge in [0.05, 0.1) is 6.54 Å². The van der Waals surface area contributed by atoms with Gasteiger partial charge in [-0.2, -0.15) is 0 Å². The summed E-state index contributed by atoms with van der Waals surface area (Å²) in [6, 6.07) is 14.8. The van der Waals surface area contributed by atoms with Gasteiger partial charge in [0.15, 0.2) is 5.96 Å². The number of nitrogens with two attached hydrogens (primary N) is 1. The van der Waals surface area contributed by atoms with Crippen LogP contribution >= 0.6 is 39.9 Å². The zero-order valence-electron chi connectivity index (χ0n) is 15.8. The number of hydrogen-bond donors (Lipinski definition) is 2. The fourth-order valence-corrected chi connectivity index (χ4v) is 3.61. The lowest BCUT2D eigenvalue weighted by molar-refractivity contribution is 0.0531. The highest BCUT2D eigenvalue weighted by Crippen LogP contribution is 2.35. The van der Waals surface area contributed by atoms with E-state index in [9.17, 15) is 0 Å². The van der Waals surface area contributed by atoms with Gasteiger partial charge < -0.3 is 15.8 Å². The Labute approximate surface area is 187 Å². The molecular formula is C21H27BrIN3O. The predicted octanol–water partition coefficient (Wildman–Crippen LogP) is 5.16. The van der Waals surface area contributed by atoms with Crippen molar-refractivity contribution in [1.82, 2.24) is 0 Å². The standard InChI is InChI=1S/C21H26BrN3O.HI/c1-15-3-8-19(13-16(15)2)25-20(23)24-14-21(9-11-26-12-10-21)17-4-6-18(22)7-5-17;/h3-8,13H,9-12,14H2,1-2H3,(H3,23,24,25);1H. The molecule has 0 spiro atoms. The van der Waals surface area contributed by atoms with Crippen LogP contribution in [-0.2, 0) is 10.2 Å². The van der Waals surface area contributed by atoms with Gasteiger partial charge in [0.25, 0.3) is 0 Å². The molecular weight excluding hydrogens is 517 g/mol. The molecule has 2 aromatic carbocycles. The van der Waals surface area contributed by atoms with Crippen LogP contribution in [0.15, 0.2) is 51.9 Å². The van der Waals surface area contributed by atoms with Crippen LogP contribution in [0.4, 0.5) is 5.69 Å². The molecule has 0 saturated carbocycles. The van der Waals surface area contributed by atoms with Crippen molar-refractivity contribution in [2.24, 2.45) is 10.7 Å². The number of anilines is 1. The van der Waals surface area contributed by atoms with Crippen molar-refractivity contribution < 1.29 is 4.74 Å². The molecule has 3 rings (SSSR count). The number of aliphatic imine (C=N–C) groups is 1. The number of nitrogens with zero attached hydrogens (tertiary/aromatic N) is 1. The first-order chi connectivity index (χ1) is 12.5. The molecule has 0 radical (unpaired) electrons. The Morgan fingerprint density at radius 2 is 1.78 bits per heavy atom. The second-order valence-electron chi connectivity index (χ2n) is 7.03. The average molecular weight is 544 g/mol. The van der Waals surface area contributed by atoms with Gasteiger partial charge in [-0.05, 0) is 67.6 Å². The maximum atomic E-state index is 6.17. The number of benzene rings is 2. The molecule has 6 heteroatoms. The predicted molar refractivity (Wildman–Crippen MR) is 127 cm³/mol. The highest BCUT2D eigenvalue weighted by atomic mass is 127. The minimum atomic E-state index is -0.0194. The van der Waals surface area contributed by atoms with E-state index in [1.807, 2.05) is 6.07 Å². The average Bonchev–Trinajstić information content (AvgIpc) is 2.64. The van der Waals surface area contributed by atoms with Gasteiger partial charge in [-0.25, -0.2) is 0 Å². The van der Waals surface area contributed by atoms with Crippen LogP contribution in [0, 0.1) is 13.8 Å². The zero-order valence-corrected chi connectivity index (χ0v) is 19.7. The minimum absolute atomic E-state index is 0. The van der Waals surface area contributed by atoms with Crippen LogP contribution in [0.1, 0.15) is 29.5 Å². The Bertz CT molecular complexity index is 787. The van der Waals surface area contributed by atoms with E-state index in [0.717, 1.165) is 36.2 Å². The van der Waals surface area contributed by atoms with Gasteiger partial charge in [-0.3, -0.25) is 4.99 Å². The summed E-state index contributed by atoms with van der Waals surface area (Å²) in [6.07, 6.45) is 1.91. The molecule has 1 aliphatic heterocycles. The molecule has 0 atom stereocenters. The Morgan fingerprint density at radius 1 is 1.11 bits per heavy atom. The third-order valence-corrected chi connectivity index (χ3v) is 5.77. The van der Waals surface area contributed by atoms with Crippen molar-refractivity contribution in [2.75, 3.05) is 25.1 Å². The van der Waals surface area contributed by atoms with Crippen LogP contribution in [0.2, 0.25) is 0 Å². The molecule has 0 aliphatic carbocycles. The molecule has 0 unspecified atom stereocenters. The van der Waals surface area contributed by atoms with Crippen molar-refractivity contribution in [2.45, 2.75) is 32.1 Å². The smallest absolute Gasteiger partial charge is 0.193 e. The lowest BCUT2D eigenvalue weighted by Crippen LogP contribution is -2.38. The number of aryl methyl sites for hydroxylation is 2. The van der Waals surface area contributed by atoms with Crippen molar-refractivity contribution in [1.29, 1.82) is 0 Å². The summed E-state index contributed by atoms with van der Waals surface area (Å²) in [5.41, 5.74) is 10.9. The maximum Gasteiger partial charge on any atom is 0.193 e. The van der Waals surface area contributed by atoms with Crippen molar-refractivity contribution in [3.05, 3.63) is 63.6 Å². The van der Waals surface area contributed by atoms with Crippen LogP contribution in [0.3, 0.4) is 0 Å². The summed E-state index contributed by atoms with van der Waals surface area (Å²) in [5, 5.41) is 3.22. The third-order valence-electron chi connectivity index (χ3n) is 5.24. The molecule has 4 nitrogen and oxygen atoms in total. The second-order valence-corrected chi connectivity index (χ2v) is 7.94. The van der Waals surface area contributed by atoms with E-state index < -0.39 is 0 Å². The van der Waals surface area contributed by atoms with Crippen molar-refractivity contribution in [3.63, 3.8) is 0 Å². The lowest BCUT2D eigenvalue weighted by atomic mass is 9.74. The zero-order chi connectivity index (χ0) is 18.6. The highest BCUT2D eigenvalue weighted by Gasteiger charge is 2.34. The molecule has 146 valence electrons. The van der Waals surface area contributed by atoms with E-state index in [2.05, 4.69) is 76.5 Å². The lowest BCUT2D eigenvalue weighted by Gasteiger charge is -2.36. The molecule has 2 aromatic rings. The quantitative estimate of drug-likeness (QED) is 0.318. The summed E-state index contributed by atoms with van der Waals surface area (Å²) in [4.78, 5) is 4.68. The van der Waals surface area contributed by atoms with E-state index in [1.165, 1.54) is 16.7 Å². The largest absolute Gasteiger partial charge is 0.381 e. The fourth-order valence-electron chi connectivity index (χ4n) is 3.35. The van der Waals surface area contributed by atoms with Gasteiger partial charge in [0.2, 0.25) is 0 Å². The van der Waals surface area contributed by atoms with Gasteiger partial charge in [-0.1, -0.05) is 34.1 Å². The second kappa shape index (κ2) is 9.89. The van der Waals surface area contributed by atoms with Crippen LogP contribution in [0.25, 0.3) is 0 Å². The topological polar surface area (TPSA) is 59.6 Å². The molecule has 0 aromatic heterocycles. The van der Waals surface area contributed by atoms with Gasteiger partial charge in [-0.15, -0.1) is 24.0 Å².